The SMILES string of the molecule is CN1CCN(C(=O)C(N)C(N)=O)CC1. The fraction of sp³-hybridized carbons (Fsp3) is 0.750. The number of piperazine rings is 1. The van der Waals surface area contributed by atoms with Gasteiger partial charge >= 0.3 is 0 Å². The second-order valence-electron chi connectivity index (χ2n) is 3.51. The van der Waals surface area contributed by atoms with Gasteiger partial charge in [-0.25, -0.2) is 0 Å². The van der Waals surface area contributed by atoms with E-state index in [1.165, 1.54) is 0 Å². The minimum absolute atomic E-state index is 0.370. The van der Waals surface area contributed by atoms with Crippen molar-refractivity contribution in [2.24, 2.45) is 11.5 Å². The summed E-state index contributed by atoms with van der Waals surface area (Å²) in [5.74, 6) is -1.14. The van der Waals surface area contributed by atoms with Crippen LogP contribution in [0.3, 0.4) is 0 Å². The molecule has 0 aromatic heterocycles. The normalized spacial score (nSPS) is 20.6. The minimum Gasteiger partial charge on any atom is -0.368 e. The van der Waals surface area contributed by atoms with Crippen molar-refractivity contribution >= 4 is 11.8 Å². The minimum atomic E-state index is -1.20. The molecule has 14 heavy (non-hydrogen) atoms. The zero-order chi connectivity index (χ0) is 10.7. The number of amides is 2. The predicted octanol–water partition coefficient (Wildman–Crippen LogP) is -2.43. The lowest BCUT2D eigenvalue weighted by molar-refractivity contribution is -0.138. The molecule has 4 N–H and O–H groups in total. The Morgan fingerprint density at radius 3 is 2.14 bits per heavy atom. The summed E-state index contributed by atoms with van der Waals surface area (Å²) < 4.78 is 0. The largest absolute Gasteiger partial charge is 0.368 e. The van der Waals surface area contributed by atoms with Crippen molar-refractivity contribution in [2.45, 2.75) is 6.04 Å². The number of rotatable bonds is 2. The van der Waals surface area contributed by atoms with Gasteiger partial charge in [0.05, 0.1) is 0 Å². The Morgan fingerprint density at radius 1 is 1.21 bits per heavy atom. The van der Waals surface area contributed by atoms with E-state index in [4.69, 9.17) is 11.5 Å². The lowest BCUT2D eigenvalue weighted by atomic mass is 10.2. The van der Waals surface area contributed by atoms with Gasteiger partial charge in [-0.1, -0.05) is 0 Å². The summed E-state index contributed by atoms with van der Waals surface area (Å²) in [5, 5.41) is 0. The number of hydrogen-bond donors (Lipinski definition) is 2. The van der Waals surface area contributed by atoms with Crippen LogP contribution in [0.25, 0.3) is 0 Å². The first-order valence-corrected chi connectivity index (χ1v) is 4.54. The highest BCUT2D eigenvalue weighted by Crippen LogP contribution is 2.00. The molecule has 0 saturated carbocycles. The molecule has 0 spiro atoms. The lowest BCUT2D eigenvalue weighted by Crippen LogP contribution is -2.55. The van der Waals surface area contributed by atoms with E-state index in [-0.39, 0.29) is 5.91 Å². The van der Waals surface area contributed by atoms with Crippen LogP contribution in [-0.2, 0) is 9.59 Å². The highest BCUT2D eigenvalue weighted by atomic mass is 16.2. The van der Waals surface area contributed by atoms with Crippen molar-refractivity contribution in [3.63, 3.8) is 0 Å². The van der Waals surface area contributed by atoms with Crippen molar-refractivity contribution in [2.75, 3.05) is 33.2 Å². The Bertz CT molecular complexity index is 235. The Balaban J connectivity index is 2.49. The summed E-state index contributed by atoms with van der Waals surface area (Å²) in [6, 6.07) is -1.20. The Labute approximate surface area is 82.8 Å². The molecule has 1 fully saturated rings. The lowest BCUT2D eigenvalue weighted by Gasteiger charge is -2.33. The third kappa shape index (κ3) is 2.43. The molecular formula is C8H16N4O2. The fourth-order valence-electron chi connectivity index (χ4n) is 1.35. The Morgan fingerprint density at radius 2 is 1.71 bits per heavy atom. The molecular weight excluding hydrogens is 184 g/mol. The molecule has 1 saturated heterocycles. The summed E-state index contributed by atoms with van der Waals surface area (Å²) in [4.78, 5) is 25.9. The van der Waals surface area contributed by atoms with Crippen LogP contribution in [0.5, 0.6) is 0 Å². The summed E-state index contributed by atoms with van der Waals surface area (Å²) in [6.45, 7) is 2.82. The third-order valence-electron chi connectivity index (χ3n) is 2.39. The summed E-state index contributed by atoms with van der Waals surface area (Å²) >= 11 is 0. The van der Waals surface area contributed by atoms with Crippen LogP contribution in [-0.4, -0.2) is 60.9 Å². The van der Waals surface area contributed by atoms with E-state index < -0.39 is 11.9 Å². The molecule has 6 nitrogen and oxygen atoms in total. The van der Waals surface area contributed by atoms with Gasteiger partial charge in [0.15, 0.2) is 6.04 Å². The van der Waals surface area contributed by atoms with Gasteiger partial charge in [0.1, 0.15) is 0 Å². The molecule has 0 aliphatic carbocycles. The van der Waals surface area contributed by atoms with Crippen LogP contribution in [0, 0.1) is 0 Å². The number of hydrogen-bond acceptors (Lipinski definition) is 4. The van der Waals surface area contributed by atoms with E-state index in [9.17, 15) is 9.59 Å². The van der Waals surface area contributed by atoms with Crippen LogP contribution >= 0.6 is 0 Å². The smallest absolute Gasteiger partial charge is 0.249 e. The third-order valence-corrected chi connectivity index (χ3v) is 2.39. The number of nitrogens with zero attached hydrogens (tertiary/aromatic N) is 2. The van der Waals surface area contributed by atoms with Crippen molar-refractivity contribution < 1.29 is 9.59 Å². The van der Waals surface area contributed by atoms with Crippen molar-refractivity contribution in [1.29, 1.82) is 0 Å². The van der Waals surface area contributed by atoms with Crippen LogP contribution in [0.4, 0.5) is 0 Å². The maximum Gasteiger partial charge on any atom is 0.249 e. The summed E-state index contributed by atoms with van der Waals surface area (Å²) in [6.07, 6.45) is 0. The van der Waals surface area contributed by atoms with Gasteiger partial charge in [0.2, 0.25) is 11.8 Å². The van der Waals surface area contributed by atoms with Crippen LogP contribution in [0.1, 0.15) is 0 Å². The monoisotopic (exact) mass is 200 g/mol. The maximum absolute atomic E-state index is 11.5. The van der Waals surface area contributed by atoms with E-state index in [1.807, 2.05) is 7.05 Å². The maximum atomic E-state index is 11.5. The molecule has 0 aromatic rings. The number of likely N-dealkylation sites (N-methyl/N-ethyl adjacent to an activating group) is 1. The number of carbonyl (C=O) groups excluding carboxylic acids is 2. The van der Waals surface area contributed by atoms with Crippen molar-refractivity contribution in [1.82, 2.24) is 9.80 Å². The van der Waals surface area contributed by atoms with Crippen molar-refractivity contribution in [3.05, 3.63) is 0 Å². The van der Waals surface area contributed by atoms with Crippen LogP contribution in [0.15, 0.2) is 0 Å². The Kier molecular flexibility index (Phi) is 3.43. The topological polar surface area (TPSA) is 92.7 Å². The first kappa shape index (κ1) is 10.9. The quantitative estimate of drug-likeness (QED) is 0.485. The first-order chi connectivity index (χ1) is 6.52. The predicted molar refractivity (Wildman–Crippen MR) is 51.2 cm³/mol. The second kappa shape index (κ2) is 4.39. The number of carbonyl (C=O) groups is 2. The van der Waals surface area contributed by atoms with Gasteiger partial charge in [-0.05, 0) is 7.05 Å². The van der Waals surface area contributed by atoms with Gasteiger partial charge in [0, 0.05) is 26.2 Å². The molecule has 1 heterocycles. The molecule has 1 unspecified atom stereocenters. The Hall–Kier alpha value is -1.14. The number of primary amides is 1. The molecule has 0 bridgehead atoms. The standard InChI is InChI=1S/C8H16N4O2/c1-11-2-4-12(5-3-11)8(14)6(9)7(10)13/h6H,2-5,9H2,1H3,(H2,10,13). The van der Waals surface area contributed by atoms with E-state index in [2.05, 4.69) is 4.90 Å². The van der Waals surface area contributed by atoms with Crippen LogP contribution in [0.2, 0.25) is 0 Å². The molecule has 1 aliphatic heterocycles. The van der Waals surface area contributed by atoms with Crippen molar-refractivity contribution in [3.8, 4) is 0 Å². The molecule has 80 valence electrons. The fourth-order valence-corrected chi connectivity index (χ4v) is 1.35. The summed E-state index contributed by atoms with van der Waals surface area (Å²) in [7, 11) is 1.98. The van der Waals surface area contributed by atoms with Gasteiger partial charge in [-0.15, -0.1) is 0 Å². The molecule has 2 amide bonds. The molecule has 1 aliphatic rings. The number of nitrogens with two attached hydrogens (primary N) is 2. The highest BCUT2D eigenvalue weighted by Gasteiger charge is 2.27. The molecule has 6 heteroatoms. The first-order valence-electron chi connectivity index (χ1n) is 4.54. The van der Waals surface area contributed by atoms with E-state index in [1.54, 1.807) is 4.90 Å². The van der Waals surface area contributed by atoms with Crippen LogP contribution < -0.4 is 11.5 Å². The van der Waals surface area contributed by atoms with Gasteiger partial charge in [-0.3, -0.25) is 9.59 Å². The second-order valence-corrected chi connectivity index (χ2v) is 3.51. The molecule has 0 aromatic carbocycles. The molecule has 1 atom stereocenters. The van der Waals surface area contributed by atoms with Gasteiger partial charge in [0.25, 0.3) is 0 Å². The average Bonchev–Trinajstić information content (AvgIpc) is 2.16. The average molecular weight is 200 g/mol. The summed E-state index contributed by atoms with van der Waals surface area (Å²) in [5.41, 5.74) is 10.3. The zero-order valence-corrected chi connectivity index (χ0v) is 8.27. The molecule has 0 radical (unpaired) electrons. The van der Waals surface area contributed by atoms with Gasteiger partial charge < -0.3 is 21.3 Å². The van der Waals surface area contributed by atoms with E-state index in [0.717, 1.165) is 13.1 Å². The van der Waals surface area contributed by atoms with E-state index in [0.29, 0.717) is 13.1 Å². The molecule has 1 rings (SSSR count). The van der Waals surface area contributed by atoms with Gasteiger partial charge in [-0.2, -0.15) is 0 Å². The van der Waals surface area contributed by atoms with E-state index >= 15 is 0 Å². The highest BCUT2D eigenvalue weighted by molar-refractivity contribution is 6.03. The zero-order valence-electron chi connectivity index (χ0n) is 8.27.